The highest BCUT2D eigenvalue weighted by molar-refractivity contribution is 5.92. The molecule has 0 aliphatic carbocycles. The van der Waals surface area contributed by atoms with Crippen LogP contribution >= 0.6 is 0 Å². The van der Waals surface area contributed by atoms with Crippen molar-refractivity contribution in [3.05, 3.63) is 53.8 Å². The summed E-state index contributed by atoms with van der Waals surface area (Å²) in [7, 11) is 0. The fourth-order valence-electron chi connectivity index (χ4n) is 2.28. The van der Waals surface area contributed by atoms with Gasteiger partial charge in [0.2, 0.25) is 0 Å². The van der Waals surface area contributed by atoms with Crippen molar-refractivity contribution in [1.29, 1.82) is 0 Å². The lowest BCUT2D eigenvalue weighted by Gasteiger charge is -1.91. The molecule has 0 aliphatic heterocycles. The predicted octanol–water partition coefficient (Wildman–Crippen LogP) is 4.08. The molecule has 0 saturated carbocycles. The van der Waals surface area contributed by atoms with Gasteiger partial charge in [-0.25, -0.2) is 14.2 Å². The van der Waals surface area contributed by atoms with Crippen LogP contribution in [0.25, 0.3) is 33.7 Å². The van der Waals surface area contributed by atoms with E-state index >= 15 is 0 Å². The lowest BCUT2D eigenvalue weighted by molar-refractivity contribution is 0.0697. The van der Waals surface area contributed by atoms with Crippen LogP contribution in [0.4, 0.5) is 4.39 Å². The van der Waals surface area contributed by atoms with Crippen LogP contribution in [0.3, 0.4) is 0 Å². The maximum Gasteiger partial charge on any atom is 0.335 e. The van der Waals surface area contributed by atoms with Gasteiger partial charge in [-0.3, -0.25) is 0 Å². The molecule has 4 aromatic rings. The zero-order valence-corrected chi connectivity index (χ0v) is 11.0. The van der Waals surface area contributed by atoms with Gasteiger partial charge in [0, 0.05) is 5.39 Å². The van der Waals surface area contributed by atoms with Gasteiger partial charge in [-0.1, -0.05) is 0 Å². The van der Waals surface area contributed by atoms with E-state index in [1.807, 2.05) is 0 Å². The van der Waals surface area contributed by atoms with E-state index in [2.05, 4.69) is 4.98 Å². The van der Waals surface area contributed by atoms with Crippen LogP contribution in [0.5, 0.6) is 0 Å². The third-order valence-electron chi connectivity index (χ3n) is 3.32. The Hall–Kier alpha value is -3.15. The van der Waals surface area contributed by atoms with E-state index in [0.717, 1.165) is 0 Å². The molecule has 22 heavy (non-hydrogen) atoms. The van der Waals surface area contributed by atoms with Crippen molar-refractivity contribution < 1.29 is 23.1 Å². The van der Waals surface area contributed by atoms with Crippen LogP contribution in [0.2, 0.25) is 0 Å². The van der Waals surface area contributed by atoms with Crippen molar-refractivity contribution in [2.24, 2.45) is 0 Å². The van der Waals surface area contributed by atoms with E-state index < -0.39 is 5.97 Å². The van der Waals surface area contributed by atoms with E-state index in [9.17, 15) is 9.18 Å². The van der Waals surface area contributed by atoms with Gasteiger partial charge >= 0.3 is 5.97 Å². The largest absolute Gasteiger partial charge is 0.478 e. The normalized spacial score (nSPS) is 11.3. The fourth-order valence-corrected chi connectivity index (χ4v) is 2.28. The number of nitrogens with zero attached hydrogens (tertiary/aromatic N) is 1. The molecule has 2 aromatic carbocycles. The Morgan fingerprint density at radius 2 is 1.91 bits per heavy atom. The molecule has 2 aromatic heterocycles. The molecule has 0 amide bonds. The Labute approximate surface area is 122 Å². The summed E-state index contributed by atoms with van der Waals surface area (Å²) in [5.41, 5.74) is 1.50. The van der Waals surface area contributed by atoms with Crippen molar-refractivity contribution in [3.63, 3.8) is 0 Å². The highest BCUT2D eigenvalue weighted by atomic mass is 19.1. The number of fused-ring (bicyclic) bond motifs is 2. The number of aromatic nitrogens is 1. The number of oxazole rings is 1. The van der Waals surface area contributed by atoms with E-state index in [1.165, 1.54) is 30.3 Å². The first-order valence-electron chi connectivity index (χ1n) is 6.43. The third kappa shape index (κ3) is 1.93. The maximum atomic E-state index is 13.2. The maximum absolute atomic E-state index is 13.2. The van der Waals surface area contributed by atoms with Gasteiger partial charge in [-0.2, -0.15) is 0 Å². The van der Waals surface area contributed by atoms with Gasteiger partial charge in [0.25, 0.3) is 5.89 Å². The van der Waals surface area contributed by atoms with Crippen molar-refractivity contribution in [2.75, 3.05) is 0 Å². The minimum Gasteiger partial charge on any atom is -0.478 e. The number of carboxylic acids is 1. The minimum absolute atomic E-state index is 0.113. The summed E-state index contributed by atoms with van der Waals surface area (Å²) < 4.78 is 24.3. The van der Waals surface area contributed by atoms with Crippen LogP contribution in [-0.2, 0) is 0 Å². The molecule has 0 unspecified atom stereocenters. The third-order valence-corrected chi connectivity index (χ3v) is 3.32. The second kappa shape index (κ2) is 4.42. The molecule has 108 valence electrons. The molecule has 0 saturated heterocycles. The second-order valence-electron chi connectivity index (χ2n) is 4.80. The predicted molar refractivity (Wildman–Crippen MR) is 76.1 cm³/mol. The zero-order chi connectivity index (χ0) is 15.3. The average Bonchev–Trinajstić information content (AvgIpc) is 3.08. The topological polar surface area (TPSA) is 76.5 Å². The van der Waals surface area contributed by atoms with E-state index in [0.29, 0.717) is 27.8 Å². The zero-order valence-electron chi connectivity index (χ0n) is 11.0. The summed E-state index contributed by atoms with van der Waals surface area (Å²) in [6.45, 7) is 0. The molecular formula is C16H8FNO4. The van der Waals surface area contributed by atoms with Gasteiger partial charge in [0.1, 0.15) is 16.9 Å². The van der Waals surface area contributed by atoms with Crippen LogP contribution in [0.1, 0.15) is 10.4 Å². The van der Waals surface area contributed by atoms with Crippen molar-refractivity contribution >= 4 is 28.0 Å². The molecule has 0 aliphatic rings. The fraction of sp³-hybridized carbons (Fsp3) is 0. The summed E-state index contributed by atoms with van der Waals surface area (Å²) in [5.74, 6) is -0.828. The minimum atomic E-state index is -1.04. The quantitative estimate of drug-likeness (QED) is 0.603. The molecule has 2 heterocycles. The van der Waals surface area contributed by atoms with E-state index in [-0.39, 0.29) is 17.3 Å². The molecule has 0 spiro atoms. The molecule has 0 fully saturated rings. The molecule has 6 heteroatoms. The first-order chi connectivity index (χ1) is 10.6. The molecule has 4 rings (SSSR count). The number of benzene rings is 2. The van der Waals surface area contributed by atoms with Crippen LogP contribution in [0.15, 0.2) is 51.3 Å². The smallest absolute Gasteiger partial charge is 0.335 e. The Morgan fingerprint density at radius 3 is 2.73 bits per heavy atom. The molecular weight excluding hydrogens is 289 g/mol. The number of rotatable bonds is 2. The lowest BCUT2D eigenvalue weighted by atomic mass is 10.2. The Morgan fingerprint density at radius 1 is 1.05 bits per heavy atom. The lowest BCUT2D eigenvalue weighted by Crippen LogP contribution is -1.94. The van der Waals surface area contributed by atoms with Crippen LogP contribution in [0, 0.1) is 5.82 Å². The number of furan rings is 1. The first kappa shape index (κ1) is 12.6. The molecule has 0 atom stereocenters. The number of hydrogen-bond acceptors (Lipinski definition) is 4. The second-order valence-corrected chi connectivity index (χ2v) is 4.80. The number of halogens is 1. The number of carboxylic acid groups (broad SMARTS) is 1. The van der Waals surface area contributed by atoms with Crippen molar-refractivity contribution in [2.45, 2.75) is 0 Å². The highest BCUT2D eigenvalue weighted by Gasteiger charge is 2.15. The van der Waals surface area contributed by atoms with Crippen molar-refractivity contribution in [1.82, 2.24) is 4.98 Å². The summed E-state index contributed by atoms with van der Waals surface area (Å²) >= 11 is 0. The van der Waals surface area contributed by atoms with Gasteiger partial charge in [-0.15, -0.1) is 0 Å². The Balaban J connectivity index is 1.86. The average molecular weight is 297 g/mol. The number of aromatic carboxylic acids is 1. The summed E-state index contributed by atoms with van der Waals surface area (Å²) in [6.07, 6.45) is 0. The SMILES string of the molecule is O=C(O)c1ccc2nc(-c3cc4cc(F)ccc4o3)oc2c1. The van der Waals surface area contributed by atoms with Gasteiger partial charge < -0.3 is 13.9 Å². The van der Waals surface area contributed by atoms with Gasteiger partial charge in [0.05, 0.1) is 5.56 Å². The monoisotopic (exact) mass is 297 g/mol. The van der Waals surface area contributed by atoms with E-state index in [4.69, 9.17) is 13.9 Å². The van der Waals surface area contributed by atoms with Gasteiger partial charge in [-0.05, 0) is 42.5 Å². The highest BCUT2D eigenvalue weighted by Crippen LogP contribution is 2.30. The summed E-state index contributed by atoms with van der Waals surface area (Å²) in [6, 6.07) is 10.2. The summed E-state index contributed by atoms with van der Waals surface area (Å²) in [4.78, 5) is 15.2. The van der Waals surface area contributed by atoms with Crippen molar-refractivity contribution in [3.8, 4) is 11.7 Å². The Kier molecular flexibility index (Phi) is 2.53. The molecule has 0 radical (unpaired) electrons. The first-order valence-corrected chi connectivity index (χ1v) is 6.43. The molecule has 1 N–H and O–H groups in total. The summed E-state index contributed by atoms with van der Waals surface area (Å²) in [5, 5.41) is 9.57. The standard InChI is InChI=1S/C16H8FNO4/c17-10-2-4-12-9(5-10)7-14(21-12)15-18-11-3-1-8(16(19)20)6-13(11)22-15/h1-7H,(H,19,20). The number of hydrogen-bond donors (Lipinski definition) is 1. The van der Waals surface area contributed by atoms with Gasteiger partial charge in [0.15, 0.2) is 11.3 Å². The molecule has 5 nitrogen and oxygen atoms in total. The number of carbonyl (C=O) groups is 1. The van der Waals surface area contributed by atoms with Crippen LogP contribution in [-0.4, -0.2) is 16.1 Å². The van der Waals surface area contributed by atoms with Crippen LogP contribution < -0.4 is 0 Å². The molecule has 0 bridgehead atoms. The Bertz CT molecular complexity index is 1030. The van der Waals surface area contributed by atoms with E-state index in [1.54, 1.807) is 12.1 Å².